The number of amides is 1. The molecule has 0 aromatic carbocycles. The minimum atomic E-state index is -0.0175. The lowest BCUT2D eigenvalue weighted by Crippen LogP contribution is -2.37. The van der Waals surface area contributed by atoms with E-state index in [4.69, 9.17) is 4.74 Å². The first-order valence-corrected chi connectivity index (χ1v) is 8.46. The SMILES string of the molecule is Cn1cncc1C(=O)N1CCc2c(c(COc3ccccn3)nn2C)C1. The highest BCUT2D eigenvalue weighted by atomic mass is 16.5. The quantitative estimate of drug-likeness (QED) is 0.708. The van der Waals surface area contributed by atoms with Crippen molar-refractivity contribution in [3.8, 4) is 5.88 Å². The van der Waals surface area contributed by atoms with Crippen LogP contribution >= 0.6 is 0 Å². The first-order valence-electron chi connectivity index (χ1n) is 8.46. The fourth-order valence-electron chi connectivity index (χ4n) is 3.26. The van der Waals surface area contributed by atoms with Crippen molar-refractivity contribution in [3.05, 3.63) is 59.6 Å². The predicted octanol–water partition coefficient (Wildman–Crippen LogP) is 1.33. The summed E-state index contributed by atoms with van der Waals surface area (Å²) in [6.45, 7) is 1.51. The van der Waals surface area contributed by atoms with Crippen molar-refractivity contribution in [2.24, 2.45) is 14.1 Å². The summed E-state index contributed by atoms with van der Waals surface area (Å²) in [6.07, 6.45) is 5.70. The summed E-state index contributed by atoms with van der Waals surface area (Å²) in [4.78, 5) is 22.8. The Morgan fingerprint density at radius 3 is 2.92 bits per heavy atom. The van der Waals surface area contributed by atoms with Crippen LogP contribution in [0.15, 0.2) is 36.9 Å². The maximum atomic E-state index is 12.8. The average Bonchev–Trinajstić information content (AvgIpc) is 3.23. The van der Waals surface area contributed by atoms with Gasteiger partial charge < -0.3 is 14.2 Å². The number of carbonyl (C=O) groups is 1. The Morgan fingerprint density at radius 2 is 2.19 bits per heavy atom. The second-order valence-electron chi connectivity index (χ2n) is 6.32. The summed E-state index contributed by atoms with van der Waals surface area (Å²) in [6, 6.07) is 5.54. The van der Waals surface area contributed by atoms with Crippen LogP contribution in [-0.4, -0.2) is 41.7 Å². The summed E-state index contributed by atoms with van der Waals surface area (Å²) in [5.41, 5.74) is 3.64. The summed E-state index contributed by atoms with van der Waals surface area (Å²) >= 11 is 0. The summed E-state index contributed by atoms with van der Waals surface area (Å²) in [5, 5.41) is 4.59. The van der Waals surface area contributed by atoms with Crippen LogP contribution in [0.3, 0.4) is 0 Å². The Labute approximate surface area is 151 Å². The zero-order valence-corrected chi connectivity index (χ0v) is 14.8. The second-order valence-corrected chi connectivity index (χ2v) is 6.32. The van der Waals surface area contributed by atoms with Crippen LogP contribution in [-0.2, 0) is 33.7 Å². The number of carbonyl (C=O) groups excluding carboxylic acids is 1. The molecule has 0 spiro atoms. The van der Waals surface area contributed by atoms with Crippen LogP contribution in [0, 0.1) is 0 Å². The van der Waals surface area contributed by atoms with E-state index in [0.717, 1.165) is 23.4 Å². The van der Waals surface area contributed by atoms with Gasteiger partial charge >= 0.3 is 0 Å². The van der Waals surface area contributed by atoms with Crippen molar-refractivity contribution in [1.29, 1.82) is 0 Å². The summed E-state index contributed by atoms with van der Waals surface area (Å²) in [5.74, 6) is 0.543. The molecule has 0 atom stereocenters. The van der Waals surface area contributed by atoms with E-state index in [9.17, 15) is 4.79 Å². The molecule has 3 aromatic rings. The van der Waals surface area contributed by atoms with Gasteiger partial charge in [0.2, 0.25) is 5.88 Å². The molecule has 8 heteroatoms. The average molecular weight is 352 g/mol. The van der Waals surface area contributed by atoms with E-state index in [-0.39, 0.29) is 5.91 Å². The normalized spacial score (nSPS) is 13.5. The number of hydrogen-bond donors (Lipinski definition) is 0. The maximum absolute atomic E-state index is 12.8. The predicted molar refractivity (Wildman–Crippen MR) is 93.4 cm³/mol. The fraction of sp³-hybridized carbons (Fsp3) is 0.333. The number of ether oxygens (including phenoxy) is 1. The fourth-order valence-corrected chi connectivity index (χ4v) is 3.26. The van der Waals surface area contributed by atoms with Crippen molar-refractivity contribution in [3.63, 3.8) is 0 Å². The first-order chi connectivity index (χ1) is 12.6. The van der Waals surface area contributed by atoms with Gasteiger partial charge in [-0.2, -0.15) is 5.10 Å². The molecule has 4 heterocycles. The van der Waals surface area contributed by atoms with Crippen LogP contribution in [0.4, 0.5) is 0 Å². The molecular formula is C18H20N6O2. The van der Waals surface area contributed by atoms with Crippen LogP contribution in [0.1, 0.15) is 27.4 Å². The molecule has 0 N–H and O–H groups in total. The molecular weight excluding hydrogens is 332 g/mol. The van der Waals surface area contributed by atoms with E-state index in [1.54, 1.807) is 23.3 Å². The van der Waals surface area contributed by atoms with E-state index >= 15 is 0 Å². The molecule has 134 valence electrons. The molecule has 0 unspecified atom stereocenters. The molecule has 3 aromatic heterocycles. The van der Waals surface area contributed by atoms with Crippen molar-refractivity contribution in [2.45, 2.75) is 19.6 Å². The third kappa shape index (κ3) is 2.94. The van der Waals surface area contributed by atoms with Gasteiger partial charge in [-0.1, -0.05) is 6.07 Å². The van der Waals surface area contributed by atoms with Gasteiger partial charge in [0.15, 0.2) is 0 Å². The highest BCUT2D eigenvalue weighted by molar-refractivity contribution is 5.92. The highest BCUT2D eigenvalue weighted by Gasteiger charge is 2.28. The van der Waals surface area contributed by atoms with Crippen LogP contribution in [0.25, 0.3) is 0 Å². The minimum absolute atomic E-state index is 0.0175. The van der Waals surface area contributed by atoms with Gasteiger partial charge in [0.25, 0.3) is 5.91 Å². The monoisotopic (exact) mass is 352 g/mol. The number of fused-ring (bicyclic) bond motifs is 1. The molecule has 1 aliphatic rings. The minimum Gasteiger partial charge on any atom is -0.471 e. The first kappa shape index (κ1) is 16.3. The zero-order valence-electron chi connectivity index (χ0n) is 14.8. The number of aryl methyl sites for hydroxylation is 2. The summed E-state index contributed by atoms with van der Waals surface area (Å²) < 4.78 is 9.38. The molecule has 0 bridgehead atoms. The molecule has 8 nitrogen and oxygen atoms in total. The van der Waals surface area contributed by atoms with Crippen LogP contribution in [0.5, 0.6) is 5.88 Å². The molecule has 26 heavy (non-hydrogen) atoms. The van der Waals surface area contributed by atoms with Gasteiger partial charge in [-0.3, -0.25) is 9.48 Å². The molecule has 1 amide bonds. The Hall–Kier alpha value is -3.16. The maximum Gasteiger partial charge on any atom is 0.272 e. The number of aromatic nitrogens is 5. The van der Waals surface area contributed by atoms with Gasteiger partial charge in [0.1, 0.15) is 18.0 Å². The van der Waals surface area contributed by atoms with Crippen molar-refractivity contribution in [2.75, 3.05) is 6.54 Å². The molecule has 1 aliphatic heterocycles. The lowest BCUT2D eigenvalue weighted by Gasteiger charge is -2.27. The van der Waals surface area contributed by atoms with E-state index in [1.165, 1.54) is 0 Å². The van der Waals surface area contributed by atoms with E-state index in [1.807, 2.05) is 41.9 Å². The van der Waals surface area contributed by atoms with E-state index in [0.29, 0.717) is 31.3 Å². The van der Waals surface area contributed by atoms with Gasteiger partial charge in [-0.05, 0) is 6.07 Å². The molecule has 0 saturated carbocycles. The Kier molecular flexibility index (Phi) is 4.16. The van der Waals surface area contributed by atoms with E-state index < -0.39 is 0 Å². The second kappa shape index (κ2) is 6.62. The molecule has 0 saturated heterocycles. The lowest BCUT2D eigenvalue weighted by atomic mass is 10.0. The van der Waals surface area contributed by atoms with Gasteiger partial charge in [0, 0.05) is 57.1 Å². The Balaban J connectivity index is 1.54. The topological polar surface area (TPSA) is 78.1 Å². The Bertz CT molecular complexity index is 931. The third-order valence-corrected chi connectivity index (χ3v) is 4.64. The summed E-state index contributed by atoms with van der Waals surface area (Å²) in [7, 11) is 3.76. The van der Waals surface area contributed by atoms with Crippen molar-refractivity contribution in [1.82, 2.24) is 29.2 Å². The van der Waals surface area contributed by atoms with Crippen LogP contribution < -0.4 is 4.74 Å². The highest BCUT2D eigenvalue weighted by Crippen LogP contribution is 2.24. The van der Waals surface area contributed by atoms with Gasteiger partial charge in [-0.25, -0.2) is 9.97 Å². The lowest BCUT2D eigenvalue weighted by molar-refractivity contribution is 0.0722. The number of imidazole rings is 1. The number of pyridine rings is 1. The zero-order chi connectivity index (χ0) is 18.1. The number of nitrogens with zero attached hydrogens (tertiary/aromatic N) is 6. The van der Waals surface area contributed by atoms with Gasteiger partial charge in [0.05, 0.1) is 12.5 Å². The largest absolute Gasteiger partial charge is 0.471 e. The van der Waals surface area contributed by atoms with Gasteiger partial charge in [-0.15, -0.1) is 0 Å². The number of rotatable bonds is 4. The van der Waals surface area contributed by atoms with Crippen molar-refractivity contribution < 1.29 is 9.53 Å². The standard InChI is InChI=1S/C18H20N6O2/c1-22-12-19-9-16(22)18(25)24-8-6-15-13(10-24)14(21-23(15)2)11-26-17-5-3-4-7-20-17/h3-5,7,9,12H,6,8,10-11H2,1-2H3. The Morgan fingerprint density at radius 1 is 1.31 bits per heavy atom. The smallest absolute Gasteiger partial charge is 0.272 e. The third-order valence-electron chi connectivity index (χ3n) is 4.64. The molecule has 4 rings (SSSR count). The molecule has 0 aliphatic carbocycles. The van der Waals surface area contributed by atoms with E-state index in [2.05, 4.69) is 15.1 Å². The van der Waals surface area contributed by atoms with Crippen LogP contribution in [0.2, 0.25) is 0 Å². The van der Waals surface area contributed by atoms with Crippen molar-refractivity contribution >= 4 is 5.91 Å². The molecule has 0 radical (unpaired) electrons. The molecule has 0 fully saturated rings. The number of hydrogen-bond acceptors (Lipinski definition) is 5.